The van der Waals surface area contributed by atoms with Crippen LogP contribution in [0.4, 0.5) is 0 Å². The third-order valence-corrected chi connectivity index (χ3v) is 7.24. The normalized spacial score (nSPS) is 14.7. The lowest BCUT2D eigenvalue weighted by Gasteiger charge is -2.19. The lowest BCUT2D eigenvalue weighted by molar-refractivity contribution is -0.138. The van der Waals surface area contributed by atoms with Gasteiger partial charge < -0.3 is 10.2 Å². The molecule has 2 N–H and O–H groups in total. The molecule has 1 aromatic carbocycles. The van der Waals surface area contributed by atoms with Gasteiger partial charge in [-0.3, -0.25) is 9.00 Å². The lowest BCUT2D eigenvalue weighted by atomic mass is 10.0. The van der Waals surface area contributed by atoms with Crippen LogP contribution in [0.25, 0.3) is 0 Å². The Balaban J connectivity index is 2.18. The Hall–Kier alpha value is -1.72. The number of aliphatic carboxylic acids is 1. The van der Waals surface area contributed by atoms with Crippen molar-refractivity contribution in [1.82, 2.24) is 0 Å². The van der Waals surface area contributed by atoms with Crippen LogP contribution >= 0.6 is 0 Å². The maximum atomic E-state index is 12.7. The molecule has 1 aromatic rings. The number of aryl methyl sites for hydroxylation is 1. The van der Waals surface area contributed by atoms with Gasteiger partial charge in [0.2, 0.25) is 0 Å². The molecule has 1 unspecified atom stereocenters. The van der Waals surface area contributed by atoms with Gasteiger partial charge in [-0.25, -0.2) is 0 Å². The molecule has 32 heavy (non-hydrogen) atoms. The first-order chi connectivity index (χ1) is 15.5. The Morgan fingerprint density at radius 3 is 2.06 bits per heavy atom. The fraction of sp³-hybridized carbons (Fsp3) is 0.593. The third kappa shape index (κ3) is 12.4. The Morgan fingerprint density at radius 1 is 0.906 bits per heavy atom. The Bertz CT molecular complexity index is 709. The minimum absolute atomic E-state index is 0.360. The average molecular weight is 463 g/mol. The highest BCUT2D eigenvalue weighted by atomic mass is 32.2. The Labute approximate surface area is 197 Å². The van der Waals surface area contributed by atoms with E-state index in [0.717, 1.165) is 50.5 Å². The standard InChI is InChI=1S/C27H42O4S/c1-3-4-5-6-7-8-9-10-11-12-13-14-15-16-17-18-25(28)26(27(29)30)32(31)24-21-19-23(2)20-22-24/h7-8,10-11,19-22,25-26,28H,3-6,9,12-18H2,1-2H3,(H,29,30)/t25-,26?,32+/m1/s1. The molecule has 0 saturated carbocycles. The van der Waals surface area contributed by atoms with Gasteiger partial charge >= 0.3 is 5.97 Å². The predicted octanol–water partition coefficient (Wildman–Crippen LogP) is 6.73. The minimum atomic E-state index is -1.77. The molecule has 5 heteroatoms. The summed E-state index contributed by atoms with van der Waals surface area (Å²) in [7, 11) is -1.77. The van der Waals surface area contributed by atoms with Crippen molar-refractivity contribution in [3.63, 3.8) is 0 Å². The van der Waals surface area contributed by atoms with E-state index in [-0.39, 0.29) is 0 Å². The number of hydrogen-bond donors (Lipinski definition) is 2. The Morgan fingerprint density at radius 2 is 1.47 bits per heavy atom. The zero-order valence-electron chi connectivity index (χ0n) is 19.9. The fourth-order valence-electron chi connectivity index (χ4n) is 3.53. The van der Waals surface area contributed by atoms with Gasteiger partial charge in [0.05, 0.1) is 16.9 Å². The van der Waals surface area contributed by atoms with Crippen molar-refractivity contribution in [1.29, 1.82) is 0 Å². The second-order valence-electron chi connectivity index (χ2n) is 8.46. The molecule has 0 aliphatic heterocycles. The van der Waals surface area contributed by atoms with Crippen molar-refractivity contribution < 1.29 is 19.2 Å². The van der Waals surface area contributed by atoms with Gasteiger partial charge in [-0.2, -0.15) is 0 Å². The second-order valence-corrected chi connectivity index (χ2v) is 10.0. The van der Waals surface area contributed by atoms with Crippen LogP contribution in [-0.2, 0) is 15.6 Å². The van der Waals surface area contributed by atoms with E-state index in [2.05, 4.69) is 31.2 Å². The highest BCUT2D eigenvalue weighted by Gasteiger charge is 2.33. The molecule has 4 nitrogen and oxygen atoms in total. The number of carbonyl (C=O) groups is 1. The lowest BCUT2D eigenvalue weighted by Crippen LogP contribution is -2.37. The SMILES string of the molecule is CCCCCC=CCC=CCCCCCCC[C@@H](O)C(C(=O)O)[S@@](=O)c1ccc(C)cc1. The summed E-state index contributed by atoms with van der Waals surface area (Å²) in [5, 5.41) is 18.6. The van der Waals surface area contributed by atoms with Crippen molar-refractivity contribution in [3.05, 3.63) is 54.1 Å². The van der Waals surface area contributed by atoms with Crippen molar-refractivity contribution in [2.45, 2.75) is 107 Å². The van der Waals surface area contributed by atoms with Crippen molar-refractivity contribution in [2.24, 2.45) is 0 Å². The first kappa shape index (κ1) is 28.3. The van der Waals surface area contributed by atoms with Crippen LogP contribution in [-0.4, -0.2) is 31.7 Å². The predicted molar refractivity (Wildman–Crippen MR) is 134 cm³/mol. The van der Waals surface area contributed by atoms with Gasteiger partial charge in [0, 0.05) is 4.90 Å². The zero-order chi connectivity index (χ0) is 23.6. The summed E-state index contributed by atoms with van der Waals surface area (Å²) in [5.41, 5.74) is 1.02. The van der Waals surface area contributed by atoms with Crippen molar-refractivity contribution in [2.75, 3.05) is 0 Å². The number of benzene rings is 1. The smallest absolute Gasteiger partial charge is 0.322 e. The molecule has 0 aromatic heterocycles. The van der Waals surface area contributed by atoms with E-state index in [1.54, 1.807) is 24.3 Å². The summed E-state index contributed by atoms with van der Waals surface area (Å²) in [6, 6.07) is 6.96. The molecule has 0 fully saturated rings. The first-order valence-corrected chi connectivity index (χ1v) is 13.4. The molecule has 0 saturated heterocycles. The van der Waals surface area contributed by atoms with Gasteiger partial charge in [-0.15, -0.1) is 0 Å². The van der Waals surface area contributed by atoms with Gasteiger partial charge in [-0.05, 0) is 57.6 Å². The number of carboxylic acids is 1. The summed E-state index contributed by atoms with van der Waals surface area (Å²) < 4.78 is 12.7. The number of carboxylic acid groups (broad SMARTS) is 1. The fourth-order valence-corrected chi connectivity index (χ4v) is 4.84. The molecule has 0 aliphatic rings. The Kier molecular flexibility index (Phi) is 15.7. The summed E-state index contributed by atoms with van der Waals surface area (Å²) in [5.74, 6) is -1.21. The van der Waals surface area contributed by atoms with Crippen LogP contribution < -0.4 is 0 Å². The van der Waals surface area contributed by atoms with Crippen LogP contribution in [0.3, 0.4) is 0 Å². The van der Waals surface area contributed by atoms with E-state index in [9.17, 15) is 19.2 Å². The maximum absolute atomic E-state index is 12.7. The van der Waals surface area contributed by atoms with Crippen LogP contribution in [0.5, 0.6) is 0 Å². The molecule has 0 aliphatic carbocycles. The molecular weight excluding hydrogens is 420 g/mol. The second kappa shape index (κ2) is 17.8. The van der Waals surface area contributed by atoms with E-state index in [1.807, 2.05) is 6.92 Å². The summed E-state index contributed by atoms with van der Waals surface area (Å²) in [6.45, 7) is 4.14. The summed E-state index contributed by atoms with van der Waals surface area (Å²) in [6.07, 6.45) is 20.4. The molecule has 1 rings (SSSR count). The highest BCUT2D eigenvalue weighted by molar-refractivity contribution is 7.86. The van der Waals surface area contributed by atoms with Crippen LogP contribution in [0, 0.1) is 6.92 Å². The molecule has 0 heterocycles. The highest BCUT2D eigenvalue weighted by Crippen LogP contribution is 2.19. The number of aliphatic hydroxyl groups excluding tert-OH is 1. The van der Waals surface area contributed by atoms with Crippen molar-refractivity contribution >= 4 is 16.8 Å². The molecule has 0 amide bonds. The monoisotopic (exact) mass is 462 g/mol. The van der Waals surface area contributed by atoms with Crippen LogP contribution in [0.2, 0.25) is 0 Å². The third-order valence-electron chi connectivity index (χ3n) is 5.53. The number of hydrogen-bond acceptors (Lipinski definition) is 3. The minimum Gasteiger partial charge on any atom is -0.480 e. The van der Waals surface area contributed by atoms with Gasteiger partial charge in [-0.1, -0.05) is 87.4 Å². The maximum Gasteiger partial charge on any atom is 0.322 e. The van der Waals surface area contributed by atoms with Crippen LogP contribution in [0.1, 0.15) is 89.5 Å². The molecule has 0 spiro atoms. The molecule has 0 bridgehead atoms. The van der Waals surface area contributed by atoms with E-state index < -0.39 is 28.1 Å². The van der Waals surface area contributed by atoms with Gasteiger partial charge in [0.15, 0.2) is 5.25 Å². The van der Waals surface area contributed by atoms with Crippen molar-refractivity contribution in [3.8, 4) is 0 Å². The van der Waals surface area contributed by atoms with E-state index in [4.69, 9.17) is 0 Å². The molecular formula is C27H42O4S. The first-order valence-electron chi connectivity index (χ1n) is 12.2. The average Bonchev–Trinajstić information content (AvgIpc) is 2.76. The quantitative estimate of drug-likeness (QED) is 0.187. The van der Waals surface area contributed by atoms with E-state index in [1.165, 1.54) is 25.7 Å². The van der Waals surface area contributed by atoms with E-state index in [0.29, 0.717) is 11.3 Å². The zero-order valence-corrected chi connectivity index (χ0v) is 20.7. The van der Waals surface area contributed by atoms with Gasteiger partial charge in [0.25, 0.3) is 0 Å². The molecule has 0 radical (unpaired) electrons. The molecule has 180 valence electrons. The van der Waals surface area contributed by atoms with Gasteiger partial charge in [0.1, 0.15) is 0 Å². The van der Waals surface area contributed by atoms with E-state index >= 15 is 0 Å². The topological polar surface area (TPSA) is 74.6 Å². The number of aliphatic hydroxyl groups is 1. The number of allylic oxidation sites excluding steroid dienone is 4. The number of rotatable bonds is 18. The van der Waals surface area contributed by atoms with Crippen LogP contribution in [0.15, 0.2) is 53.5 Å². The largest absolute Gasteiger partial charge is 0.480 e. The molecule has 3 atom stereocenters. The summed E-state index contributed by atoms with van der Waals surface area (Å²) in [4.78, 5) is 12.1. The summed E-state index contributed by atoms with van der Waals surface area (Å²) >= 11 is 0. The number of unbranched alkanes of at least 4 members (excludes halogenated alkanes) is 8.